The molecule has 92 valence electrons. The Hall–Kier alpha value is -1.26. The van der Waals surface area contributed by atoms with Crippen LogP contribution in [0.5, 0.6) is 0 Å². The van der Waals surface area contributed by atoms with Crippen molar-refractivity contribution in [3.63, 3.8) is 0 Å². The van der Waals surface area contributed by atoms with Crippen molar-refractivity contribution in [1.29, 1.82) is 0 Å². The Kier molecular flexibility index (Phi) is 3.78. The maximum Gasteiger partial charge on any atom is 0.325 e. The number of hydrogen-bond acceptors (Lipinski definition) is 2. The summed E-state index contributed by atoms with van der Waals surface area (Å²) < 4.78 is 0. The molecule has 16 heavy (non-hydrogen) atoms. The number of amides is 2. The van der Waals surface area contributed by atoms with Gasteiger partial charge < -0.3 is 15.3 Å². The van der Waals surface area contributed by atoms with E-state index in [1.54, 1.807) is 4.90 Å². The van der Waals surface area contributed by atoms with Crippen molar-refractivity contribution in [2.75, 3.05) is 13.1 Å². The summed E-state index contributed by atoms with van der Waals surface area (Å²) in [5.41, 5.74) is 0.287. The molecule has 1 saturated heterocycles. The largest absolute Gasteiger partial charge is 0.480 e. The fourth-order valence-electron chi connectivity index (χ4n) is 1.65. The molecule has 1 aliphatic heterocycles. The van der Waals surface area contributed by atoms with E-state index in [1.807, 2.05) is 0 Å². The summed E-state index contributed by atoms with van der Waals surface area (Å²) in [7, 11) is 0. The van der Waals surface area contributed by atoms with Gasteiger partial charge in [-0.3, -0.25) is 4.79 Å². The summed E-state index contributed by atoms with van der Waals surface area (Å²) in [5.74, 6) is -1.01. The van der Waals surface area contributed by atoms with Gasteiger partial charge in [0.2, 0.25) is 0 Å². The Morgan fingerprint density at radius 3 is 2.25 bits per heavy atom. The predicted molar refractivity (Wildman–Crippen MR) is 60.2 cm³/mol. The molecule has 2 N–H and O–H groups in total. The number of hydrogen-bond donors (Lipinski definition) is 2. The molecule has 0 aromatic carbocycles. The average molecular weight is 228 g/mol. The third kappa shape index (κ3) is 3.40. The third-order valence-electron chi connectivity index (χ3n) is 3.11. The second-order valence-electron chi connectivity index (χ2n) is 5.16. The molecule has 0 aromatic rings. The zero-order valence-corrected chi connectivity index (χ0v) is 10.1. The zero-order valence-electron chi connectivity index (χ0n) is 10.1. The van der Waals surface area contributed by atoms with Crippen molar-refractivity contribution in [2.24, 2.45) is 5.41 Å². The lowest BCUT2D eigenvalue weighted by Crippen LogP contribution is -2.50. The molecule has 1 rings (SSSR count). The standard InChI is InChI=1S/C11H20N2O3/c1-8(9(14)15)12-10(16)13-6-4-11(2,3)5-7-13/h8H,4-7H2,1-3H3,(H,12,16)(H,14,15)/t8-/m0/s1. The minimum Gasteiger partial charge on any atom is -0.480 e. The Labute approximate surface area is 95.8 Å². The van der Waals surface area contributed by atoms with Crippen LogP contribution in [0, 0.1) is 5.41 Å². The first kappa shape index (κ1) is 12.8. The van der Waals surface area contributed by atoms with Gasteiger partial charge in [-0.25, -0.2) is 4.79 Å². The Morgan fingerprint density at radius 1 is 1.31 bits per heavy atom. The van der Waals surface area contributed by atoms with Gasteiger partial charge in [0.1, 0.15) is 6.04 Å². The van der Waals surface area contributed by atoms with Crippen molar-refractivity contribution in [2.45, 2.75) is 39.7 Å². The number of rotatable bonds is 2. The van der Waals surface area contributed by atoms with Gasteiger partial charge in [-0.05, 0) is 25.2 Å². The van der Waals surface area contributed by atoms with E-state index in [2.05, 4.69) is 19.2 Å². The molecule has 0 aliphatic carbocycles. The van der Waals surface area contributed by atoms with Crippen molar-refractivity contribution in [3.05, 3.63) is 0 Å². The Balaban J connectivity index is 2.42. The van der Waals surface area contributed by atoms with E-state index >= 15 is 0 Å². The normalized spacial score (nSPS) is 21.3. The summed E-state index contributed by atoms with van der Waals surface area (Å²) in [4.78, 5) is 23.9. The van der Waals surface area contributed by atoms with Crippen molar-refractivity contribution < 1.29 is 14.7 Å². The zero-order chi connectivity index (χ0) is 12.3. The van der Waals surface area contributed by atoms with Crippen LogP contribution in [-0.2, 0) is 4.79 Å². The van der Waals surface area contributed by atoms with E-state index in [0.717, 1.165) is 12.8 Å². The molecule has 1 aliphatic rings. The number of urea groups is 1. The van der Waals surface area contributed by atoms with Crippen LogP contribution in [0.1, 0.15) is 33.6 Å². The van der Waals surface area contributed by atoms with Crippen LogP contribution >= 0.6 is 0 Å². The highest BCUT2D eigenvalue weighted by Gasteiger charge is 2.28. The first-order chi connectivity index (χ1) is 7.32. The molecule has 1 heterocycles. The van der Waals surface area contributed by atoms with Crippen LogP contribution in [-0.4, -0.2) is 41.1 Å². The molecule has 1 fully saturated rings. The molecular weight excluding hydrogens is 208 g/mol. The van der Waals surface area contributed by atoms with Gasteiger partial charge in [-0.2, -0.15) is 0 Å². The van der Waals surface area contributed by atoms with E-state index in [4.69, 9.17) is 5.11 Å². The third-order valence-corrected chi connectivity index (χ3v) is 3.11. The monoisotopic (exact) mass is 228 g/mol. The van der Waals surface area contributed by atoms with Crippen LogP contribution in [0.2, 0.25) is 0 Å². The molecule has 0 spiro atoms. The Morgan fingerprint density at radius 2 is 1.81 bits per heavy atom. The SMILES string of the molecule is C[C@H](NC(=O)N1CCC(C)(C)CC1)C(=O)O. The van der Waals surface area contributed by atoms with Crippen LogP contribution in [0.15, 0.2) is 0 Å². The fraction of sp³-hybridized carbons (Fsp3) is 0.818. The van der Waals surface area contributed by atoms with Gasteiger partial charge in [-0.1, -0.05) is 13.8 Å². The van der Waals surface area contributed by atoms with Crippen molar-refractivity contribution in [3.8, 4) is 0 Å². The van der Waals surface area contributed by atoms with Crippen LogP contribution in [0.25, 0.3) is 0 Å². The van der Waals surface area contributed by atoms with Gasteiger partial charge in [0.15, 0.2) is 0 Å². The molecule has 0 bridgehead atoms. The van der Waals surface area contributed by atoms with Crippen LogP contribution in [0.3, 0.4) is 0 Å². The lowest BCUT2D eigenvalue weighted by atomic mass is 9.83. The number of aliphatic carboxylic acids is 1. The number of piperidine rings is 1. The maximum absolute atomic E-state index is 11.7. The van der Waals surface area contributed by atoms with Crippen molar-refractivity contribution in [1.82, 2.24) is 10.2 Å². The quantitative estimate of drug-likeness (QED) is 0.748. The first-order valence-corrected chi connectivity index (χ1v) is 5.60. The summed E-state index contributed by atoms with van der Waals surface area (Å²) in [5, 5.41) is 11.1. The number of nitrogens with one attached hydrogen (secondary N) is 1. The first-order valence-electron chi connectivity index (χ1n) is 5.60. The number of carbonyl (C=O) groups is 2. The van der Waals surface area contributed by atoms with E-state index in [9.17, 15) is 9.59 Å². The van der Waals surface area contributed by atoms with Crippen molar-refractivity contribution >= 4 is 12.0 Å². The smallest absolute Gasteiger partial charge is 0.325 e. The minimum absolute atomic E-state index is 0.273. The topological polar surface area (TPSA) is 69.6 Å². The van der Waals surface area contributed by atoms with E-state index < -0.39 is 12.0 Å². The Bertz CT molecular complexity index is 279. The van der Waals surface area contributed by atoms with Gasteiger partial charge in [0.25, 0.3) is 0 Å². The molecule has 5 heteroatoms. The molecule has 0 radical (unpaired) electrons. The second kappa shape index (κ2) is 4.72. The average Bonchev–Trinajstić information content (AvgIpc) is 2.17. The van der Waals surface area contributed by atoms with Gasteiger partial charge in [0.05, 0.1) is 0 Å². The molecule has 1 atom stereocenters. The lowest BCUT2D eigenvalue weighted by molar-refractivity contribution is -0.138. The lowest BCUT2D eigenvalue weighted by Gasteiger charge is -2.37. The molecule has 0 aromatic heterocycles. The number of carboxylic acids is 1. The van der Waals surface area contributed by atoms with Crippen LogP contribution in [0.4, 0.5) is 4.79 Å². The van der Waals surface area contributed by atoms with Gasteiger partial charge in [0, 0.05) is 13.1 Å². The van der Waals surface area contributed by atoms with E-state index in [0.29, 0.717) is 13.1 Å². The summed E-state index contributed by atoms with van der Waals surface area (Å²) in [6.07, 6.45) is 1.92. The summed E-state index contributed by atoms with van der Waals surface area (Å²) in [6, 6.07) is -1.10. The van der Waals surface area contributed by atoms with Gasteiger partial charge in [-0.15, -0.1) is 0 Å². The molecule has 0 saturated carbocycles. The number of carboxylic acid groups (broad SMARTS) is 1. The van der Waals surface area contributed by atoms with E-state index in [-0.39, 0.29) is 11.4 Å². The summed E-state index contributed by atoms with van der Waals surface area (Å²) in [6.45, 7) is 7.23. The number of carbonyl (C=O) groups excluding carboxylic acids is 1. The fourth-order valence-corrected chi connectivity index (χ4v) is 1.65. The highest BCUT2D eigenvalue weighted by Crippen LogP contribution is 2.29. The number of likely N-dealkylation sites (tertiary alicyclic amines) is 1. The minimum atomic E-state index is -1.01. The highest BCUT2D eigenvalue weighted by molar-refractivity contribution is 5.82. The summed E-state index contributed by atoms with van der Waals surface area (Å²) >= 11 is 0. The highest BCUT2D eigenvalue weighted by atomic mass is 16.4. The number of nitrogens with zero attached hydrogens (tertiary/aromatic N) is 1. The van der Waals surface area contributed by atoms with Gasteiger partial charge >= 0.3 is 12.0 Å². The molecule has 5 nitrogen and oxygen atoms in total. The molecule has 2 amide bonds. The maximum atomic E-state index is 11.7. The van der Waals surface area contributed by atoms with E-state index in [1.165, 1.54) is 6.92 Å². The van der Waals surface area contributed by atoms with Crippen LogP contribution < -0.4 is 5.32 Å². The molecule has 0 unspecified atom stereocenters. The predicted octanol–water partition coefficient (Wildman–Crippen LogP) is 1.29. The molecular formula is C11H20N2O3. The second-order valence-corrected chi connectivity index (χ2v) is 5.16.